The van der Waals surface area contributed by atoms with Gasteiger partial charge in [0.1, 0.15) is 0 Å². The summed E-state index contributed by atoms with van der Waals surface area (Å²) in [4.78, 5) is 4.54. The van der Waals surface area contributed by atoms with Crippen molar-refractivity contribution in [2.24, 2.45) is 7.05 Å². The number of rotatable bonds is 1. The number of fused-ring (bicyclic) bond motifs is 1. The largest absolute Gasteiger partial charge is 0.461 e. The smallest absolute Gasteiger partial charge is 0.177 e. The first-order chi connectivity index (χ1) is 8.70. The van der Waals surface area contributed by atoms with E-state index < -0.39 is 0 Å². The Hall–Kier alpha value is -2.54. The lowest BCUT2D eigenvalue weighted by atomic mass is 10.2. The Bertz CT molecular complexity index is 774. The van der Waals surface area contributed by atoms with Gasteiger partial charge in [-0.2, -0.15) is 5.26 Å². The van der Waals surface area contributed by atoms with E-state index in [0.717, 1.165) is 28.2 Å². The van der Waals surface area contributed by atoms with Crippen molar-refractivity contribution in [2.45, 2.75) is 6.92 Å². The number of imidazole rings is 1. The third-order valence-corrected chi connectivity index (χ3v) is 3.08. The van der Waals surface area contributed by atoms with Crippen molar-refractivity contribution in [1.29, 1.82) is 5.26 Å². The van der Waals surface area contributed by atoms with Crippen LogP contribution in [0.3, 0.4) is 0 Å². The molecular formula is C14H11N3O. The quantitative estimate of drug-likeness (QED) is 0.653. The molecule has 4 nitrogen and oxygen atoms in total. The second-order valence-electron chi connectivity index (χ2n) is 4.24. The highest BCUT2D eigenvalue weighted by atomic mass is 16.3. The minimum Gasteiger partial charge on any atom is -0.461 e. The fourth-order valence-electron chi connectivity index (χ4n) is 2.07. The highest BCUT2D eigenvalue weighted by Crippen LogP contribution is 2.27. The van der Waals surface area contributed by atoms with E-state index in [2.05, 4.69) is 11.1 Å². The van der Waals surface area contributed by atoms with E-state index in [1.807, 2.05) is 30.7 Å². The lowest BCUT2D eigenvalue weighted by Crippen LogP contribution is -1.92. The van der Waals surface area contributed by atoms with E-state index in [4.69, 9.17) is 9.68 Å². The summed E-state index contributed by atoms with van der Waals surface area (Å²) in [6.45, 7) is 1.99. The van der Waals surface area contributed by atoms with E-state index in [1.165, 1.54) is 0 Å². The molecule has 0 bridgehead atoms. The Morgan fingerprint density at radius 3 is 2.83 bits per heavy atom. The van der Waals surface area contributed by atoms with Crippen LogP contribution in [0.2, 0.25) is 0 Å². The fraction of sp³-hybridized carbons (Fsp3) is 0.143. The normalized spacial score (nSPS) is 10.7. The topological polar surface area (TPSA) is 54.8 Å². The van der Waals surface area contributed by atoms with Crippen molar-refractivity contribution < 1.29 is 4.42 Å². The molecule has 0 aliphatic heterocycles. The lowest BCUT2D eigenvalue weighted by Gasteiger charge is -1.99. The Balaban J connectivity index is 2.30. The maximum atomic E-state index is 8.90. The van der Waals surface area contributed by atoms with E-state index in [9.17, 15) is 0 Å². The van der Waals surface area contributed by atoms with Crippen LogP contribution in [0.5, 0.6) is 0 Å². The molecule has 0 atom stereocenters. The number of nitriles is 1. The second kappa shape index (κ2) is 3.74. The van der Waals surface area contributed by atoms with Gasteiger partial charge in [-0.15, -0.1) is 0 Å². The highest BCUT2D eigenvalue weighted by Gasteiger charge is 2.14. The van der Waals surface area contributed by atoms with Gasteiger partial charge in [0.2, 0.25) is 0 Å². The molecule has 0 fully saturated rings. The van der Waals surface area contributed by atoms with E-state index in [1.54, 1.807) is 18.4 Å². The molecule has 1 aromatic carbocycles. The van der Waals surface area contributed by atoms with Crippen molar-refractivity contribution in [1.82, 2.24) is 9.55 Å². The monoisotopic (exact) mass is 237 g/mol. The van der Waals surface area contributed by atoms with E-state index in [0.29, 0.717) is 5.56 Å². The SMILES string of the molecule is Cc1ccoc1-c1nc2cc(C#N)ccc2n1C. The first-order valence-electron chi connectivity index (χ1n) is 5.62. The summed E-state index contributed by atoms with van der Waals surface area (Å²) >= 11 is 0. The predicted octanol–water partition coefficient (Wildman–Crippen LogP) is 3.01. The number of aromatic nitrogens is 2. The van der Waals surface area contributed by atoms with Crippen molar-refractivity contribution in [2.75, 3.05) is 0 Å². The molecule has 88 valence electrons. The maximum Gasteiger partial charge on any atom is 0.177 e. The molecule has 0 radical (unpaired) electrons. The molecule has 0 unspecified atom stereocenters. The van der Waals surface area contributed by atoms with Gasteiger partial charge in [-0.1, -0.05) is 0 Å². The zero-order chi connectivity index (χ0) is 12.7. The highest BCUT2D eigenvalue weighted by molar-refractivity contribution is 5.81. The summed E-state index contributed by atoms with van der Waals surface area (Å²) in [5.74, 6) is 1.55. The number of nitrogens with zero attached hydrogens (tertiary/aromatic N) is 3. The molecule has 18 heavy (non-hydrogen) atoms. The molecule has 0 N–H and O–H groups in total. The number of furan rings is 1. The van der Waals surface area contributed by atoms with Crippen LogP contribution in [0.15, 0.2) is 34.9 Å². The van der Waals surface area contributed by atoms with Gasteiger partial charge in [-0.25, -0.2) is 4.98 Å². The van der Waals surface area contributed by atoms with Crippen molar-refractivity contribution in [3.05, 3.63) is 41.7 Å². The average Bonchev–Trinajstić information content (AvgIpc) is 2.93. The molecule has 3 rings (SSSR count). The van der Waals surface area contributed by atoms with Crippen LogP contribution < -0.4 is 0 Å². The Morgan fingerprint density at radius 2 is 2.17 bits per heavy atom. The van der Waals surface area contributed by atoms with Gasteiger partial charge < -0.3 is 8.98 Å². The summed E-state index contributed by atoms with van der Waals surface area (Å²) in [6.07, 6.45) is 1.66. The number of aryl methyl sites for hydroxylation is 2. The van der Waals surface area contributed by atoms with Crippen LogP contribution >= 0.6 is 0 Å². The van der Waals surface area contributed by atoms with Crippen LogP contribution in [0.1, 0.15) is 11.1 Å². The predicted molar refractivity (Wildman–Crippen MR) is 67.9 cm³/mol. The van der Waals surface area contributed by atoms with Crippen LogP contribution in [-0.4, -0.2) is 9.55 Å². The van der Waals surface area contributed by atoms with Gasteiger partial charge in [0.15, 0.2) is 11.6 Å². The number of benzene rings is 1. The van der Waals surface area contributed by atoms with Crippen LogP contribution in [-0.2, 0) is 7.05 Å². The zero-order valence-electron chi connectivity index (χ0n) is 10.1. The minimum absolute atomic E-state index is 0.614. The standard InChI is InChI=1S/C14H11N3O/c1-9-5-6-18-13(9)14-16-11-7-10(8-15)3-4-12(11)17(14)2/h3-7H,1-2H3. The van der Waals surface area contributed by atoms with E-state index in [-0.39, 0.29) is 0 Å². The summed E-state index contributed by atoms with van der Waals surface area (Å²) in [5.41, 5.74) is 3.46. The maximum absolute atomic E-state index is 8.90. The summed E-state index contributed by atoms with van der Waals surface area (Å²) in [6, 6.07) is 9.52. The number of hydrogen-bond donors (Lipinski definition) is 0. The zero-order valence-corrected chi connectivity index (χ0v) is 10.1. The summed E-state index contributed by atoms with van der Waals surface area (Å²) in [7, 11) is 1.94. The minimum atomic E-state index is 0.614. The first kappa shape index (κ1) is 10.6. The Kier molecular flexibility index (Phi) is 2.20. The molecule has 0 aliphatic carbocycles. The molecule has 4 heteroatoms. The molecule has 2 aromatic heterocycles. The molecular weight excluding hydrogens is 226 g/mol. The van der Waals surface area contributed by atoms with Gasteiger partial charge in [0.05, 0.1) is 28.9 Å². The fourth-order valence-corrected chi connectivity index (χ4v) is 2.07. The Labute approximate surface area is 104 Å². The first-order valence-corrected chi connectivity index (χ1v) is 5.62. The van der Waals surface area contributed by atoms with E-state index >= 15 is 0 Å². The van der Waals surface area contributed by atoms with Gasteiger partial charge in [-0.05, 0) is 36.8 Å². The summed E-state index contributed by atoms with van der Waals surface area (Å²) < 4.78 is 7.44. The summed E-state index contributed by atoms with van der Waals surface area (Å²) in [5, 5.41) is 8.90. The molecule has 0 saturated carbocycles. The third-order valence-electron chi connectivity index (χ3n) is 3.08. The van der Waals surface area contributed by atoms with Crippen molar-refractivity contribution in [3.63, 3.8) is 0 Å². The second-order valence-corrected chi connectivity index (χ2v) is 4.24. The van der Waals surface area contributed by atoms with Gasteiger partial charge in [0, 0.05) is 7.05 Å². The van der Waals surface area contributed by atoms with Gasteiger partial charge in [-0.3, -0.25) is 0 Å². The average molecular weight is 237 g/mol. The van der Waals surface area contributed by atoms with Gasteiger partial charge in [0.25, 0.3) is 0 Å². The van der Waals surface area contributed by atoms with Crippen LogP contribution in [0.4, 0.5) is 0 Å². The molecule has 2 heterocycles. The van der Waals surface area contributed by atoms with Crippen LogP contribution in [0.25, 0.3) is 22.6 Å². The lowest BCUT2D eigenvalue weighted by molar-refractivity contribution is 0.573. The molecule has 0 amide bonds. The van der Waals surface area contributed by atoms with Crippen molar-refractivity contribution in [3.8, 4) is 17.7 Å². The van der Waals surface area contributed by atoms with Gasteiger partial charge >= 0.3 is 0 Å². The molecule has 0 spiro atoms. The Morgan fingerprint density at radius 1 is 1.33 bits per heavy atom. The number of hydrogen-bond acceptors (Lipinski definition) is 3. The molecule has 0 aliphatic rings. The van der Waals surface area contributed by atoms with Crippen LogP contribution in [0, 0.1) is 18.3 Å². The molecule has 0 saturated heterocycles. The van der Waals surface area contributed by atoms with Crippen molar-refractivity contribution >= 4 is 11.0 Å². The third kappa shape index (κ3) is 1.41. The molecule has 3 aromatic rings.